The Morgan fingerprint density at radius 3 is 2.80 bits per heavy atom. The van der Waals surface area contributed by atoms with Gasteiger partial charge in [-0.15, -0.1) is 29.4 Å². The third-order valence-corrected chi connectivity index (χ3v) is 1.40. The molecular formula is C5H8N4S. The summed E-state index contributed by atoms with van der Waals surface area (Å²) in [4.78, 5) is 0. The molecule has 0 aliphatic rings. The highest BCUT2D eigenvalue weighted by molar-refractivity contribution is 7.80. The van der Waals surface area contributed by atoms with Crippen LogP contribution in [0.15, 0.2) is 17.8 Å². The number of anilines is 1. The molecule has 0 bridgehead atoms. The van der Waals surface area contributed by atoms with Crippen molar-refractivity contribution in [1.29, 1.82) is 0 Å². The minimum Gasteiger partial charge on any atom is -0.368 e. The fourth-order valence-electron chi connectivity index (χ4n) is 0.611. The van der Waals surface area contributed by atoms with Crippen LogP contribution in [-0.2, 0) is 6.54 Å². The van der Waals surface area contributed by atoms with Crippen molar-refractivity contribution in [3.05, 3.63) is 12.7 Å². The molecule has 1 heterocycles. The first-order valence-electron chi connectivity index (χ1n) is 2.74. The smallest absolute Gasteiger partial charge is 0.222 e. The Morgan fingerprint density at radius 1 is 1.70 bits per heavy atom. The fourth-order valence-corrected chi connectivity index (χ4v) is 0.839. The number of hydrogen-bond donors (Lipinski definition) is 2. The molecule has 1 rings (SSSR count). The van der Waals surface area contributed by atoms with Crippen LogP contribution in [0.2, 0.25) is 0 Å². The lowest BCUT2D eigenvalue weighted by atomic mass is 10.6. The molecule has 0 saturated heterocycles. The van der Waals surface area contributed by atoms with Crippen molar-refractivity contribution in [2.24, 2.45) is 0 Å². The molecule has 4 nitrogen and oxygen atoms in total. The van der Waals surface area contributed by atoms with Gasteiger partial charge in [-0.05, 0) is 0 Å². The van der Waals surface area contributed by atoms with Gasteiger partial charge in [0.25, 0.3) is 0 Å². The molecule has 0 fully saturated rings. The lowest BCUT2D eigenvalue weighted by Gasteiger charge is -1.98. The van der Waals surface area contributed by atoms with Gasteiger partial charge in [0.15, 0.2) is 5.16 Å². The molecule has 0 aliphatic heterocycles. The molecule has 0 radical (unpaired) electrons. The maximum absolute atomic E-state index is 5.42. The van der Waals surface area contributed by atoms with E-state index in [2.05, 4.69) is 29.4 Å². The molecule has 0 amide bonds. The average Bonchev–Trinajstić information content (AvgIpc) is 2.20. The number of nitrogens with zero attached hydrogens (tertiary/aromatic N) is 3. The molecule has 10 heavy (non-hydrogen) atoms. The van der Waals surface area contributed by atoms with E-state index in [4.69, 9.17) is 5.73 Å². The third kappa shape index (κ3) is 1.13. The van der Waals surface area contributed by atoms with E-state index in [-0.39, 0.29) is 0 Å². The van der Waals surface area contributed by atoms with Gasteiger partial charge in [-0.3, -0.25) is 4.57 Å². The minimum atomic E-state index is 0.366. The lowest BCUT2D eigenvalue weighted by molar-refractivity contribution is 0.736. The van der Waals surface area contributed by atoms with Crippen LogP contribution in [0.1, 0.15) is 0 Å². The van der Waals surface area contributed by atoms with Crippen LogP contribution >= 0.6 is 12.6 Å². The molecule has 1 aromatic rings. The van der Waals surface area contributed by atoms with Crippen LogP contribution in [0, 0.1) is 0 Å². The first-order chi connectivity index (χ1) is 4.75. The zero-order chi connectivity index (χ0) is 7.56. The standard InChI is InChI=1S/C5H8N4S/c1-2-3-9-4(6)7-8-5(9)10/h2H,1,3H2,(H2,6,7)(H,8,10). The molecule has 54 valence electrons. The summed E-state index contributed by atoms with van der Waals surface area (Å²) >= 11 is 4.01. The SMILES string of the molecule is C=CCn1c(N)nnc1S. The van der Waals surface area contributed by atoms with E-state index in [1.165, 1.54) is 0 Å². The van der Waals surface area contributed by atoms with Crippen molar-refractivity contribution in [2.45, 2.75) is 11.7 Å². The molecule has 0 aliphatic carbocycles. The normalized spacial score (nSPS) is 9.70. The molecule has 5 heteroatoms. The Balaban J connectivity index is 2.97. The Labute approximate surface area is 64.2 Å². The molecular weight excluding hydrogens is 148 g/mol. The lowest BCUT2D eigenvalue weighted by Crippen LogP contribution is -2.01. The molecule has 1 aromatic heterocycles. The van der Waals surface area contributed by atoms with Crippen molar-refractivity contribution >= 4 is 18.6 Å². The van der Waals surface area contributed by atoms with Gasteiger partial charge in [-0.25, -0.2) is 0 Å². The Kier molecular flexibility index (Phi) is 1.96. The maximum Gasteiger partial charge on any atom is 0.222 e. The summed E-state index contributed by atoms with van der Waals surface area (Å²) in [7, 11) is 0. The zero-order valence-corrected chi connectivity index (χ0v) is 6.25. The van der Waals surface area contributed by atoms with E-state index in [0.717, 1.165) is 0 Å². The number of nitrogens with two attached hydrogens (primary N) is 1. The van der Waals surface area contributed by atoms with Gasteiger partial charge >= 0.3 is 0 Å². The van der Waals surface area contributed by atoms with Gasteiger partial charge in [0, 0.05) is 6.54 Å². The summed E-state index contributed by atoms with van der Waals surface area (Å²) in [5.74, 6) is 0.366. The zero-order valence-electron chi connectivity index (χ0n) is 5.36. The van der Waals surface area contributed by atoms with E-state index < -0.39 is 0 Å². The quantitative estimate of drug-likeness (QED) is 0.479. The molecule has 0 spiro atoms. The second-order valence-corrected chi connectivity index (χ2v) is 2.16. The third-order valence-electron chi connectivity index (χ3n) is 1.07. The highest BCUT2D eigenvalue weighted by atomic mass is 32.1. The molecule has 0 atom stereocenters. The van der Waals surface area contributed by atoms with Crippen LogP contribution in [0.25, 0.3) is 0 Å². The summed E-state index contributed by atoms with van der Waals surface area (Å²) < 4.78 is 1.65. The van der Waals surface area contributed by atoms with Crippen molar-refractivity contribution < 1.29 is 0 Å². The number of aromatic nitrogens is 3. The molecule has 2 N–H and O–H groups in total. The van der Waals surface area contributed by atoms with E-state index in [1.54, 1.807) is 10.6 Å². The van der Waals surface area contributed by atoms with Crippen molar-refractivity contribution in [3.8, 4) is 0 Å². The van der Waals surface area contributed by atoms with Crippen LogP contribution < -0.4 is 5.73 Å². The summed E-state index contributed by atoms with van der Waals surface area (Å²) in [5, 5.41) is 7.75. The van der Waals surface area contributed by atoms with Crippen molar-refractivity contribution in [2.75, 3.05) is 5.73 Å². The highest BCUT2D eigenvalue weighted by Crippen LogP contribution is 2.06. The molecule has 0 aromatic carbocycles. The number of hydrogen-bond acceptors (Lipinski definition) is 4. The maximum atomic E-state index is 5.42. The number of allylic oxidation sites excluding steroid dienone is 1. The predicted molar refractivity (Wildman–Crippen MR) is 41.9 cm³/mol. The second kappa shape index (κ2) is 2.74. The second-order valence-electron chi connectivity index (χ2n) is 1.76. The fraction of sp³-hybridized carbons (Fsp3) is 0.200. The van der Waals surface area contributed by atoms with Crippen LogP contribution in [0.5, 0.6) is 0 Å². The van der Waals surface area contributed by atoms with E-state index in [1.807, 2.05) is 0 Å². The van der Waals surface area contributed by atoms with E-state index >= 15 is 0 Å². The Hall–Kier alpha value is -0.970. The van der Waals surface area contributed by atoms with Crippen LogP contribution in [0.4, 0.5) is 5.95 Å². The number of rotatable bonds is 2. The minimum absolute atomic E-state index is 0.366. The van der Waals surface area contributed by atoms with Gasteiger partial charge in [-0.1, -0.05) is 6.08 Å². The monoisotopic (exact) mass is 156 g/mol. The van der Waals surface area contributed by atoms with Crippen molar-refractivity contribution in [1.82, 2.24) is 14.8 Å². The first-order valence-corrected chi connectivity index (χ1v) is 3.19. The summed E-state index contributed by atoms with van der Waals surface area (Å²) in [6, 6.07) is 0. The average molecular weight is 156 g/mol. The van der Waals surface area contributed by atoms with Crippen molar-refractivity contribution in [3.63, 3.8) is 0 Å². The largest absolute Gasteiger partial charge is 0.368 e. The van der Waals surface area contributed by atoms with Gasteiger partial charge in [0.1, 0.15) is 0 Å². The van der Waals surface area contributed by atoms with E-state index in [0.29, 0.717) is 17.6 Å². The van der Waals surface area contributed by atoms with Crippen LogP contribution in [0.3, 0.4) is 0 Å². The Bertz CT molecular complexity index is 222. The number of thiol groups is 1. The molecule has 0 unspecified atom stereocenters. The highest BCUT2D eigenvalue weighted by Gasteiger charge is 2.01. The van der Waals surface area contributed by atoms with Gasteiger partial charge in [-0.2, -0.15) is 0 Å². The molecule has 0 saturated carbocycles. The summed E-state index contributed by atoms with van der Waals surface area (Å²) in [5.41, 5.74) is 5.42. The first kappa shape index (κ1) is 7.14. The summed E-state index contributed by atoms with van der Waals surface area (Å²) in [6.45, 7) is 4.15. The Morgan fingerprint density at radius 2 is 2.40 bits per heavy atom. The topological polar surface area (TPSA) is 56.7 Å². The van der Waals surface area contributed by atoms with Gasteiger partial charge < -0.3 is 5.73 Å². The van der Waals surface area contributed by atoms with Gasteiger partial charge in [0.2, 0.25) is 5.95 Å². The van der Waals surface area contributed by atoms with Gasteiger partial charge in [0.05, 0.1) is 0 Å². The summed E-state index contributed by atoms with van der Waals surface area (Å²) in [6.07, 6.45) is 1.71. The number of nitrogen functional groups attached to an aromatic ring is 1. The predicted octanol–water partition coefficient (Wildman–Crippen LogP) is 0.335. The van der Waals surface area contributed by atoms with E-state index in [9.17, 15) is 0 Å². The van der Waals surface area contributed by atoms with Crippen LogP contribution in [-0.4, -0.2) is 14.8 Å².